The molecule has 3 rings (SSSR count). The largest absolute Gasteiger partial charge is 0.491 e. The van der Waals surface area contributed by atoms with Gasteiger partial charge < -0.3 is 19.9 Å². The number of carboxylic acid groups (broad SMARTS) is 1. The van der Waals surface area contributed by atoms with Crippen molar-refractivity contribution in [2.24, 2.45) is 0 Å². The Bertz CT molecular complexity index is 1050. The van der Waals surface area contributed by atoms with Crippen molar-refractivity contribution in [1.29, 1.82) is 0 Å². The second-order valence-corrected chi connectivity index (χ2v) is 6.67. The SMILES string of the molecule is Cc1ccccc1OCCNc1ncc(C(=O)O)c(COc2ccc(F)c(Cl)c2)n1. The van der Waals surface area contributed by atoms with Crippen LogP contribution in [0.25, 0.3) is 0 Å². The topological polar surface area (TPSA) is 93.6 Å². The van der Waals surface area contributed by atoms with E-state index in [4.69, 9.17) is 21.1 Å². The molecular weight excluding hydrogens is 413 g/mol. The minimum atomic E-state index is -1.18. The first kappa shape index (κ1) is 21.3. The van der Waals surface area contributed by atoms with Crippen LogP contribution in [0.1, 0.15) is 21.6 Å². The fourth-order valence-corrected chi connectivity index (χ4v) is 2.72. The second-order valence-electron chi connectivity index (χ2n) is 6.26. The minimum absolute atomic E-state index is 0.0927. The van der Waals surface area contributed by atoms with Gasteiger partial charge in [-0.15, -0.1) is 0 Å². The van der Waals surface area contributed by atoms with Crippen molar-refractivity contribution in [3.63, 3.8) is 0 Å². The number of aromatic nitrogens is 2. The maximum atomic E-state index is 13.3. The maximum absolute atomic E-state index is 13.3. The molecule has 7 nitrogen and oxygen atoms in total. The lowest BCUT2D eigenvalue weighted by Crippen LogP contribution is -2.16. The number of nitrogens with one attached hydrogen (secondary N) is 1. The van der Waals surface area contributed by atoms with Gasteiger partial charge in [0.2, 0.25) is 5.95 Å². The monoisotopic (exact) mass is 431 g/mol. The molecule has 1 aromatic heterocycles. The normalized spacial score (nSPS) is 10.5. The van der Waals surface area contributed by atoms with Crippen LogP contribution < -0.4 is 14.8 Å². The number of para-hydroxylation sites is 1. The van der Waals surface area contributed by atoms with Crippen LogP contribution in [0.2, 0.25) is 5.02 Å². The zero-order valence-corrected chi connectivity index (χ0v) is 16.8. The van der Waals surface area contributed by atoms with Gasteiger partial charge in [0.1, 0.15) is 36.1 Å². The quantitative estimate of drug-likeness (QED) is 0.486. The Morgan fingerprint density at radius 3 is 2.77 bits per heavy atom. The van der Waals surface area contributed by atoms with E-state index < -0.39 is 11.8 Å². The van der Waals surface area contributed by atoms with E-state index in [-0.39, 0.29) is 34.6 Å². The maximum Gasteiger partial charge on any atom is 0.339 e. The van der Waals surface area contributed by atoms with Gasteiger partial charge in [-0.2, -0.15) is 0 Å². The Hall–Kier alpha value is -3.39. The van der Waals surface area contributed by atoms with Gasteiger partial charge in [0.15, 0.2) is 0 Å². The van der Waals surface area contributed by atoms with Crippen molar-refractivity contribution in [3.8, 4) is 11.5 Å². The highest BCUT2D eigenvalue weighted by Gasteiger charge is 2.15. The molecule has 0 radical (unpaired) electrons. The molecule has 0 aliphatic rings. The van der Waals surface area contributed by atoms with Crippen LogP contribution in [0.4, 0.5) is 10.3 Å². The van der Waals surface area contributed by atoms with E-state index in [1.54, 1.807) is 0 Å². The Labute approximate surface area is 177 Å². The standard InChI is InChI=1S/C21H19ClFN3O4/c1-13-4-2-3-5-19(13)29-9-8-24-21-25-11-15(20(27)28)18(26-21)12-30-14-6-7-17(23)16(22)10-14/h2-7,10-11H,8-9,12H2,1H3,(H,27,28)(H,24,25,26). The van der Waals surface area contributed by atoms with Crippen LogP contribution in [0.15, 0.2) is 48.7 Å². The third-order valence-electron chi connectivity index (χ3n) is 4.10. The molecule has 3 aromatic rings. The Morgan fingerprint density at radius 1 is 1.23 bits per heavy atom. The molecule has 0 spiro atoms. The molecule has 0 saturated heterocycles. The van der Waals surface area contributed by atoms with E-state index in [9.17, 15) is 14.3 Å². The number of hydrogen-bond donors (Lipinski definition) is 2. The molecule has 156 valence electrons. The molecule has 0 unspecified atom stereocenters. The van der Waals surface area contributed by atoms with Gasteiger partial charge in [0.05, 0.1) is 17.3 Å². The Kier molecular flexibility index (Phi) is 7.03. The molecule has 30 heavy (non-hydrogen) atoms. The highest BCUT2D eigenvalue weighted by molar-refractivity contribution is 6.30. The van der Waals surface area contributed by atoms with Crippen LogP contribution in [0.3, 0.4) is 0 Å². The van der Waals surface area contributed by atoms with E-state index in [2.05, 4.69) is 15.3 Å². The van der Waals surface area contributed by atoms with Crippen LogP contribution >= 0.6 is 11.6 Å². The van der Waals surface area contributed by atoms with E-state index in [1.807, 2.05) is 31.2 Å². The number of hydrogen-bond acceptors (Lipinski definition) is 6. The predicted molar refractivity (Wildman–Crippen MR) is 110 cm³/mol. The molecule has 9 heteroatoms. The Morgan fingerprint density at radius 2 is 2.03 bits per heavy atom. The average molecular weight is 432 g/mol. The van der Waals surface area contributed by atoms with Gasteiger partial charge in [-0.3, -0.25) is 0 Å². The first-order chi connectivity index (χ1) is 14.4. The number of carboxylic acids is 1. The number of carbonyl (C=O) groups is 1. The zero-order valence-electron chi connectivity index (χ0n) is 16.1. The summed E-state index contributed by atoms with van der Waals surface area (Å²) in [6.07, 6.45) is 1.20. The van der Waals surface area contributed by atoms with Gasteiger partial charge in [-0.1, -0.05) is 29.8 Å². The molecule has 0 saturated carbocycles. The second kappa shape index (κ2) is 9.89. The number of aryl methyl sites for hydroxylation is 1. The fraction of sp³-hybridized carbons (Fsp3) is 0.190. The summed E-state index contributed by atoms with van der Waals surface area (Å²) in [5, 5.41) is 12.3. The molecule has 0 aliphatic heterocycles. The number of nitrogens with zero attached hydrogens (tertiary/aromatic N) is 2. The van der Waals surface area contributed by atoms with E-state index in [1.165, 1.54) is 18.3 Å². The van der Waals surface area contributed by atoms with Crippen molar-refractivity contribution in [1.82, 2.24) is 9.97 Å². The summed E-state index contributed by atoms with van der Waals surface area (Å²) in [6.45, 7) is 2.58. The summed E-state index contributed by atoms with van der Waals surface area (Å²) in [6, 6.07) is 11.5. The van der Waals surface area contributed by atoms with Crippen molar-refractivity contribution >= 4 is 23.5 Å². The van der Waals surface area contributed by atoms with Crippen molar-refractivity contribution < 1.29 is 23.8 Å². The summed E-state index contributed by atoms with van der Waals surface area (Å²) in [7, 11) is 0. The number of anilines is 1. The fourth-order valence-electron chi connectivity index (χ4n) is 2.55. The average Bonchev–Trinajstić information content (AvgIpc) is 2.73. The van der Waals surface area contributed by atoms with Crippen LogP contribution in [-0.2, 0) is 6.61 Å². The molecule has 0 bridgehead atoms. The zero-order chi connectivity index (χ0) is 21.5. The van der Waals surface area contributed by atoms with Crippen LogP contribution in [0, 0.1) is 12.7 Å². The number of ether oxygens (including phenoxy) is 2. The molecule has 0 amide bonds. The van der Waals surface area contributed by atoms with Gasteiger partial charge in [-0.05, 0) is 30.7 Å². The molecule has 0 fully saturated rings. The molecule has 2 aromatic carbocycles. The lowest BCUT2D eigenvalue weighted by molar-refractivity contribution is 0.0692. The number of aromatic carboxylic acids is 1. The van der Waals surface area contributed by atoms with Crippen molar-refractivity contribution in [2.75, 3.05) is 18.5 Å². The first-order valence-electron chi connectivity index (χ1n) is 9.03. The first-order valence-corrected chi connectivity index (χ1v) is 9.41. The Balaban J connectivity index is 1.62. The van der Waals surface area contributed by atoms with E-state index >= 15 is 0 Å². The number of halogens is 2. The van der Waals surface area contributed by atoms with Crippen molar-refractivity contribution in [3.05, 3.63) is 76.3 Å². The predicted octanol–water partition coefficient (Wildman–Crippen LogP) is 4.35. The highest BCUT2D eigenvalue weighted by Crippen LogP contribution is 2.22. The van der Waals surface area contributed by atoms with Crippen LogP contribution in [-0.4, -0.2) is 34.2 Å². The molecule has 1 heterocycles. The minimum Gasteiger partial charge on any atom is -0.491 e. The molecule has 2 N–H and O–H groups in total. The van der Waals surface area contributed by atoms with Gasteiger partial charge in [0, 0.05) is 12.3 Å². The summed E-state index contributed by atoms with van der Waals surface area (Å²) in [4.78, 5) is 19.7. The van der Waals surface area contributed by atoms with Gasteiger partial charge >= 0.3 is 5.97 Å². The molecule has 0 aliphatic carbocycles. The lowest BCUT2D eigenvalue weighted by atomic mass is 10.2. The number of rotatable bonds is 9. The molecule has 0 atom stereocenters. The number of benzene rings is 2. The van der Waals surface area contributed by atoms with Gasteiger partial charge in [-0.25, -0.2) is 19.2 Å². The summed E-state index contributed by atoms with van der Waals surface area (Å²) >= 11 is 5.73. The van der Waals surface area contributed by atoms with Crippen LogP contribution in [0.5, 0.6) is 11.5 Å². The highest BCUT2D eigenvalue weighted by atomic mass is 35.5. The third-order valence-corrected chi connectivity index (χ3v) is 4.39. The summed E-state index contributed by atoms with van der Waals surface area (Å²) in [5.74, 6) is -0.438. The van der Waals surface area contributed by atoms with Gasteiger partial charge in [0.25, 0.3) is 0 Å². The van der Waals surface area contributed by atoms with E-state index in [0.29, 0.717) is 13.2 Å². The van der Waals surface area contributed by atoms with Crippen molar-refractivity contribution in [2.45, 2.75) is 13.5 Å². The molecular formula is C21H19ClFN3O4. The summed E-state index contributed by atoms with van der Waals surface area (Å²) < 4.78 is 24.5. The summed E-state index contributed by atoms with van der Waals surface area (Å²) in [5.41, 5.74) is 1.10. The smallest absolute Gasteiger partial charge is 0.339 e. The lowest BCUT2D eigenvalue weighted by Gasteiger charge is -2.12. The van der Waals surface area contributed by atoms with E-state index in [0.717, 1.165) is 17.4 Å². The third kappa shape index (κ3) is 5.57.